The Hall–Kier alpha value is -0.610. The maximum absolute atomic E-state index is 11.3. The average molecular weight is 169 g/mol. The van der Waals surface area contributed by atoms with E-state index in [9.17, 15) is 4.79 Å². The Morgan fingerprint density at radius 1 is 1.17 bits per heavy atom. The number of amides is 1. The smallest absolute Gasteiger partial charge is 0.236 e. The van der Waals surface area contributed by atoms with E-state index in [4.69, 9.17) is 0 Å². The Labute approximate surface area is 72.5 Å². The topological polar surface area (TPSA) is 35.6 Å². The van der Waals surface area contributed by atoms with E-state index in [0.717, 1.165) is 45.6 Å². The third-order valence-corrected chi connectivity index (χ3v) is 2.48. The van der Waals surface area contributed by atoms with Crippen LogP contribution >= 0.6 is 0 Å². The maximum atomic E-state index is 11.3. The second-order valence-electron chi connectivity index (χ2n) is 3.32. The summed E-state index contributed by atoms with van der Waals surface area (Å²) in [5.74, 6) is 0.303. The van der Waals surface area contributed by atoms with Crippen LogP contribution in [0.5, 0.6) is 0 Å². The van der Waals surface area contributed by atoms with Crippen LogP contribution in [0.2, 0.25) is 0 Å². The number of nitrogens with zero attached hydrogens (tertiary/aromatic N) is 2. The van der Waals surface area contributed by atoms with E-state index in [1.54, 1.807) is 0 Å². The van der Waals surface area contributed by atoms with Gasteiger partial charge >= 0.3 is 0 Å². The fraction of sp³-hybridized carbons (Fsp3) is 0.875. The molecule has 0 spiro atoms. The molecule has 0 aromatic carbocycles. The Bertz CT molecular complexity index is 177. The van der Waals surface area contributed by atoms with Gasteiger partial charge in [-0.25, -0.2) is 5.01 Å². The minimum atomic E-state index is 0.303. The number of hydrazine groups is 1. The van der Waals surface area contributed by atoms with Crippen LogP contribution in [0.3, 0.4) is 0 Å². The van der Waals surface area contributed by atoms with Gasteiger partial charge in [0.25, 0.3) is 0 Å². The van der Waals surface area contributed by atoms with Gasteiger partial charge in [-0.2, -0.15) is 0 Å². The second kappa shape index (κ2) is 3.41. The molecule has 12 heavy (non-hydrogen) atoms. The van der Waals surface area contributed by atoms with Crippen LogP contribution in [0.15, 0.2) is 0 Å². The number of piperazine rings is 1. The lowest BCUT2D eigenvalue weighted by Gasteiger charge is -2.34. The van der Waals surface area contributed by atoms with Crippen LogP contribution in [0.4, 0.5) is 0 Å². The molecule has 0 atom stereocenters. The molecule has 2 rings (SSSR count). The lowest BCUT2D eigenvalue weighted by Crippen LogP contribution is -2.52. The van der Waals surface area contributed by atoms with Crippen molar-refractivity contribution in [1.82, 2.24) is 15.3 Å². The van der Waals surface area contributed by atoms with E-state index < -0.39 is 0 Å². The van der Waals surface area contributed by atoms with E-state index >= 15 is 0 Å². The highest BCUT2D eigenvalue weighted by atomic mass is 16.2. The fourth-order valence-electron chi connectivity index (χ4n) is 1.83. The zero-order chi connectivity index (χ0) is 8.39. The average Bonchev–Trinajstić information content (AvgIpc) is 2.53. The number of carbonyl (C=O) groups excluding carboxylic acids is 1. The van der Waals surface area contributed by atoms with Gasteiger partial charge in [-0.1, -0.05) is 0 Å². The molecule has 68 valence electrons. The van der Waals surface area contributed by atoms with Crippen LogP contribution in [0.1, 0.15) is 12.8 Å². The predicted molar refractivity (Wildman–Crippen MR) is 45.4 cm³/mol. The highest BCUT2D eigenvalue weighted by Crippen LogP contribution is 2.12. The van der Waals surface area contributed by atoms with E-state index in [1.807, 2.05) is 5.01 Å². The first-order chi connectivity index (χ1) is 5.88. The van der Waals surface area contributed by atoms with Crippen molar-refractivity contribution in [3.05, 3.63) is 0 Å². The summed E-state index contributed by atoms with van der Waals surface area (Å²) in [6.45, 7) is 4.89. The zero-order valence-corrected chi connectivity index (χ0v) is 7.25. The zero-order valence-electron chi connectivity index (χ0n) is 7.25. The van der Waals surface area contributed by atoms with E-state index in [2.05, 4.69) is 10.3 Å². The van der Waals surface area contributed by atoms with Crippen molar-refractivity contribution in [2.75, 3.05) is 32.7 Å². The summed E-state index contributed by atoms with van der Waals surface area (Å²) in [4.78, 5) is 11.3. The molecule has 4 heteroatoms. The van der Waals surface area contributed by atoms with Crippen LogP contribution in [0.25, 0.3) is 0 Å². The molecule has 0 aliphatic carbocycles. The molecule has 0 aromatic heterocycles. The molecular formula is C8H15N3O. The van der Waals surface area contributed by atoms with Crippen molar-refractivity contribution in [1.29, 1.82) is 0 Å². The first-order valence-corrected chi connectivity index (χ1v) is 4.64. The summed E-state index contributed by atoms with van der Waals surface area (Å²) in [6, 6.07) is 0. The number of hydrogen-bond donors (Lipinski definition) is 1. The molecule has 2 saturated heterocycles. The van der Waals surface area contributed by atoms with Crippen LogP contribution < -0.4 is 5.32 Å². The summed E-state index contributed by atoms with van der Waals surface area (Å²) < 4.78 is 0. The lowest BCUT2D eigenvalue weighted by molar-refractivity contribution is -0.144. The molecule has 0 saturated carbocycles. The quantitative estimate of drug-likeness (QED) is 0.571. The molecule has 2 fully saturated rings. The van der Waals surface area contributed by atoms with Crippen molar-refractivity contribution in [3.63, 3.8) is 0 Å². The van der Waals surface area contributed by atoms with Gasteiger partial charge in [0.05, 0.1) is 0 Å². The van der Waals surface area contributed by atoms with Crippen molar-refractivity contribution >= 4 is 5.91 Å². The van der Waals surface area contributed by atoms with Gasteiger partial charge in [0, 0.05) is 39.1 Å². The third-order valence-electron chi connectivity index (χ3n) is 2.48. The van der Waals surface area contributed by atoms with Crippen molar-refractivity contribution in [3.8, 4) is 0 Å². The second-order valence-corrected chi connectivity index (χ2v) is 3.32. The molecule has 4 nitrogen and oxygen atoms in total. The number of hydrogen-bond acceptors (Lipinski definition) is 3. The van der Waals surface area contributed by atoms with Gasteiger partial charge in [-0.3, -0.25) is 9.80 Å². The molecule has 0 aromatic rings. The Balaban J connectivity index is 1.93. The summed E-state index contributed by atoms with van der Waals surface area (Å²) in [5, 5.41) is 7.36. The third kappa shape index (κ3) is 1.44. The van der Waals surface area contributed by atoms with Crippen molar-refractivity contribution in [2.24, 2.45) is 0 Å². The first-order valence-electron chi connectivity index (χ1n) is 4.64. The van der Waals surface area contributed by atoms with E-state index in [-0.39, 0.29) is 0 Å². The molecule has 2 aliphatic heterocycles. The van der Waals surface area contributed by atoms with Gasteiger partial charge in [-0.15, -0.1) is 0 Å². The Morgan fingerprint density at radius 2 is 1.92 bits per heavy atom. The highest BCUT2D eigenvalue weighted by Gasteiger charge is 2.26. The lowest BCUT2D eigenvalue weighted by atomic mass is 10.4. The van der Waals surface area contributed by atoms with E-state index in [1.165, 1.54) is 0 Å². The maximum Gasteiger partial charge on any atom is 0.236 e. The molecule has 1 N–H and O–H groups in total. The van der Waals surface area contributed by atoms with Gasteiger partial charge in [-0.05, 0) is 6.42 Å². The normalized spacial score (nSPS) is 26.7. The van der Waals surface area contributed by atoms with Crippen LogP contribution in [-0.4, -0.2) is 48.6 Å². The van der Waals surface area contributed by atoms with Gasteiger partial charge in [0.15, 0.2) is 0 Å². The van der Waals surface area contributed by atoms with Crippen LogP contribution in [-0.2, 0) is 4.79 Å². The Kier molecular flexibility index (Phi) is 2.28. The first kappa shape index (κ1) is 8.01. The molecular weight excluding hydrogens is 154 g/mol. The van der Waals surface area contributed by atoms with Crippen molar-refractivity contribution in [2.45, 2.75) is 12.8 Å². The molecule has 1 amide bonds. The summed E-state index contributed by atoms with van der Waals surface area (Å²) in [6.07, 6.45) is 1.77. The van der Waals surface area contributed by atoms with Crippen molar-refractivity contribution < 1.29 is 4.79 Å². The highest BCUT2D eigenvalue weighted by molar-refractivity contribution is 5.77. The van der Waals surface area contributed by atoms with Gasteiger partial charge in [0.1, 0.15) is 0 Å². The fourth-order valence-corrected chi connectivity index (χ4v) is 1.83. The summed E-state index contributed by atoms with van der Waals surface area (Å²) in [7, 11) is 0. The molecule has 2 aliphatic rings. The number of nitrogens with one attached hydrogen (secondary N) is 1. The Morgan fingerprint density at radius 3 is 2.50 bits per heavy atom. The largest absolute Gasteiger partial charge is 0.314 e. The SMILES string of the molecule is O=C1CCCN1N1CCNCC1. The molecule has 2 heterocycles. The predicted octanol–water partition coefficient (Wildman–Crippen LogP) is -0.571. The van der Waals surface area contributed by atoms with Gasteiger partial charge in [0.2, 0.25) is 5.91 Å². The molecule has 0 bridgehead atoms. The summed E-state index contributed by atoms with van der Waals surface area (Å²) in [5.41, 5.74) is 0. The number of carbonyl (C=O) groups is 1. The molecule has 0 unspecified atom stereocenters. The standard InChI is InChI=1S/C8H15N3O/c12-8-2-1-5-11(8)10-6-3-9-4-7-10/h9H,1-7H2. The summed E-state index contributed by atoms with van der Waals surface area (Å²) >= 11 is 0. The van der Waals surface area contributed by atoms with E-state index in [0.29, 0.717) is 5.91 Å². The minimum absolute atomic E-state index is 0.303. The monoisotopic (exact) mass is 169 g/mol. The van der Waals surface area contributed by atoms with Gasteiger partial charge < -0.3 is 5.32 Å². The minimum Gasteiger partial charge on any atom is -0.314 e. The molecule has 0 radical (unpaired) electrons. The van der Waals surface area contributed by atoms with Crippen LogP contribution in [0, 0.1) is 0 Å². The number of rotatable bonds is 1.